The highest BCUT2D eigenvalue weighted by Gasteiger charge is 2.30. The Morgan fingerprint density at radius 3 is 2.56 bits per heavy atom. The van der Waals surface area contributed by atoms with Gasteiger partial charge in [0.25, 0.3) is 11.5 Å². The molecule has 3 aliphatic rings. The summed E-state index contributed by atoms with van der Waals surface area (Å²) >= 11 is 0. The first kappa shape index (κ1) is 29.3. The van der Waals surface area contributed by atoms with Gasteiger partial charge in [-0.1, -0.05) is 6.92 Å². The van der Waals surface area contributed by atoms with Crippen LogP contribution in [0.25, 0.3) is 10.8 Å². The predicted molar refractivity (Wildman–Crippen MR) is 161 cm³/mol. The van der Waals surface area contributed by atoms with Gasteiger partial charge in [-0.15, -0.1) is 0 Å². The van der Waals surface area contributed by atoms with Crippen LogP contribution in [0, 0.1) is 11.7 Å². The molecule has 228 valence electrons. The molecule has 10 heteroatoms. The molecule has 0 bridgehead atoms. The number of fused-ring (bicyclic) bond motifs is 1. The van der Waals surface area contributed by atoms with Crippen molar-refractivity contribution in [2.24, 2.45) is 13.0 Å². The van der Waals surface area contributed by atoms with Crippen molar-refractivity contribution < 1.29 is 23.5 Å². The van der Waals surface area contributed by atoms with Gasteiger partial charge in [0.1, 0.15) is 17.3 Å². The van der Waals surface area contributed by atoms with E-state index in [1.807, 2.05) is 13.0 Å². The number of carbonyl (C=O) groups excluding carboxylic acids is 2. The third kappa shape index (κ3) is 6.45. The summed E-state index contributed by atoms with van der Waals surface area (Å²) in [7, 11) is 1.69. The molecule has 2 aromatic carbocycles. The highest BCUT2D eigenvalue weighted by Crippen LogP contribution is 2.32. The zero-order valence-electron chi connectivity index (χ0n) is 24.8. The zero-order valence-corrected chi connectivity index (χ0v) is 24.8. The molecular weight excluding hydrogens is 551 g/mol. The van der Waals surface area contributed by atoms with Gasteiger partial charge in [0.2, 0.25) is 5.91 Å². The van der Waals surface area contributed by atoms with E-state index in [1.54, 1.807) is 36.3 Å². The smallest absolute Gasteiger partial charge is 0.258 e. The van der Waals surface area contributed by atoms with Gasteiger partial charge < -0.3 is 29.2 Å². The average Bonchev–Trinajstić information content (AvgIpc) is 3.32. The lowest BCUT2D eigenvalue weighted by Crippen LogP contribution is -2.49. The molecule has 0 aliphatic carbocycles. The first-order chi connectivity index (χ1) is 20.7. The van der Waals surface area contributed by atoms with Crippen LogP contribution in [0.1, 0.15) is 54.9 Å². The molecular formula is C33H39FN4O5. The molecule has 6 rings (SSSR count). The number of aromatic nitrogens is 1. The van der Waals surface area contributed by atoms with E-state index in [-0.39, 0.29) is 35.5 Å². The number of hydrogen-bond acceptors (Lipinski definition) is 6. The lowest BCUT2D eigenvalue weighted by atomic mass is 9.99. The van der Waals surface area contributed by atoms with Crippen molar-refractivity contribution in [3.8, 4) is 11.5 Å². The SMILES string of the molecule is C[C@H]1CC(=O)N(Cc2cc(F)c(C(=O)NC3CCN(C4CCOCC4)CC3)cc2Oc2ccc3c(=O)n(C)ccc3c2)C1. The van der Waals surface area contributed by atoms with Crippen molar-refractivity contribution in [3.63, 3.8) is 0 Å². The Morgan fingerprint density at radius 1 is 1.07 bits per heavy atom. The second kappa shape index (κ2) is 12.5. The maximum Gasteiger partial charge on any atom is 0.258 e. The lowest BCUT2D eigenvalue weighted by Gasteiger charge is -2.39. The number of amides is 2. The first-order valence-corrected chi connectivity index (χ1v) is 15.3. The molecule has 2 amide bonds. The monoisotopic (exact) mass is 590 g/mol. The summed E-state index contributed by atoms with van der Waals surface area (Å²) in [6.45, 7) is 6.13. The van der Waals surface area contributed by atoms with E-state index in [0.717, 1.165) is 52.0 Å². The Bertz CT molecular complexity index is 1580. The van der Waals surface area contributed by atoms with Gasteiger partial charge in [0, 0.05) is 82.1 Å². The van der Waals surface area contributed by atoms with Crippen LogP contribution in [0.5, 0.6) is 11.5 Å². The topological polar surface area (TPSA) is 93.1 Å². The number of nitrogens with zero attached hydrogens (tertiary/aromatic N) is 3. The number of aryl methyl sites for hydroxylation is 1. The molecule has 9 nitrogen and oxygen atoms in total. The maximum absolute atomic E-state index is 15.5. The van der Waals surface area contributed by atoms with Gasteiger partial charge in [-0.3, -0.25) is 14.4 Å². The van der Waals surface area contributed by atoms with Crippen LogP contribution in [-0.4, -0.2) is 71.1 Å². The molecule has 0 unspecified atom stereocenters. The number of ether oxygens (including phenoxy) is 2. The number of carbonyl (C=O) groups is 2. The number of piperidine rings is 1. The zero-order chi connectivity index (χ0) is 30.1. The Labute approximate surface area is 250 Å². The second-order valence-corrected chi connectivity index (χ2v) is 12.2. The van der Waals surface area contributed by atoms with Crippen LogP contribution < -0.4 is 15.6 Å². The largest absolute Gasteiger partial charge is 0.457 e. The molecule has 1 atom stereocenters. The molecule has 0 saturated carbocycles. The van der Waals surface area contributed by atoms with Crippen LogP contribution in [-0.2, 0) is 23.1 Å². The van der Waals surface area contributed by atoms with E-state index >= 15 is 4.39 Å². The summed E-state index contributed by atoms with van der Waals surface area (Å²) in [5, 5.41) is 4.30. The van der Waals surface area contributed by atoms with Gasteiger partial charge in [-0.2, -0.15) is 0 Å². The fourth-order valence-corrected chi connectivity index (χ4v) is 6.55. The second-order valence-electron chi connectivity index (χ2n) is 12.2. The van der Waals surface area contributed by atoms with E-state index in [0.29, 0.717) is 46.8 Å². The summed E-state index contributed by atoms with van der Waals surface area (Å²) in [4.78, 5) is 42.6. The van der Waals surface area contributed by atoms with E-state index in [2.05, 4.69) is 10.2 Å². The van der Waals surface area contributed by atoms with Crippen LogP contribution in [0.3, 0.4) is 0 Å². The van der Waals surface area contributed by atoms with E-state index in [4.69, 9.17) is 9.47 Å². The van der Waals surface area contributed by atoms with Crippen LogP contribution >= 0.6 is 0 Å². The predicted octanol–water partition coefficient (Wildman–Crippen LogP) is 4.21. The molecule has 0 radical (unpaired) electrons. The summed E-state index contributed by atoms with van der Waals surface area (Å²) in [5.74, 6) is -0.160. The lowest BCUT2D eigenvalue weighted by molar-refractivity contribution is -0.128. The summed E-state index contributed by atoms with van der Waals surface area (Å²) < 4.78 is 28.8. The number of benzene rings is 2. The molecule has 3 aliphatic heterocycles. The van der Waals surface area contributed by atoms with Gasteiger partial charge in [0.15, 0.2) is 0 Å². The molecule has 4 heterocycles. The van der Waals surface area contributed by atoms with Crippen molar-refractivity contribution in [1.82, 2.24) is 19.7 Å². The summed E-state index contributed by atoms with van der Waals surface area (Å²) in [6.07, 6.45) is 5.82. The fraction of sp³-hybridized carbons (Fsp3) is 0.485. The minimum atomic E-state index is -0.652. The molecule has 3 saturated heterocycles. The Balaban J connectivity index is 1.23. The summed E-state index contributed by atoms with van der Waals surface area (Å²) in [6, 6.07) is 10.2. The highest BCUT2D eigenvalue weighted by molar-refractivity contribution is 5.95. The third-order valence-electron chi connectivity index (χ3n) is 9.02. The maximum atomic E-state index is 15.5. The number of rotatable bonds is 7. The average molecular weight is 591 g/mol. The number of likely N-dealkylation sites (tertiary alicyclic amines) is 2. The van der Waals surface area contributed by atoms with E-state index < -0.39 is 11.7 Å². The van der Waals surface area contributed by atoms with Crippen molar-refractivity contribution in [2.75, 3.05) is 32.8 Å². The molecule has 1 N–H and O–H groups in total. The minimum absolute atomic E-state index is 0.00863. The van der Waals surface area contributed by atoms with Crippen molar-refractivity contribution in [2.45, 2.75) is 57.7 Å². The van der Waals surface area contributed by atoms with Gasteiger partial charge in [-0.25, -0.2) is 4.39 Å². The molecule has 0 spiro atoms. The van der Waals surface area contributed by atoms with Gasteiger partial charge >= 0.3 is 0 Å². The summed E-state index contributed by atoms with van der Waals surface area (Å²) in [5.41, 5.74) is 0.262. The molecule has 1 aromatic heterocycles. The Hall–Kier alpha value is -3.76. The van der Waals surface area contributed by atoms with E-state index in [1.165, 1.54) is 16.7 Å². The van der Waals surface area contributed by atoms with Crippen molar-refractivity contribution in [3.05, 3.63) is 69.9 Å². The first-order valence-electron chi connectivity index (χ1n) is 15.3. The quantitative estimate of drug-likeness (QED) is 0.443. The van der Waals surface area contributed by atoms with Gasteiger partial charge in [-0.05, 0) is 73.4 Å². The Morgan fingerprint density at radius 2 is 1.84 bits per heavy atom. The standard InChI is InChI=1S/C33H39FN4O5/c1-21-15-31(39)38(19-21)20-23-17-29(34)28(32(40)35-24-6-11-37(12-7-24)25-8-13-42-14-9-25)18-30(23)43-26-3-4-27-22(16-26)5-10-36(2)33(27)41/h3-5,10,16-18,21,24-25H,6-9,11-15,19-20H2,1-2H3,(H,35,40)/t21-/m0/s1. The van der Waals surface area contributed by atoms with Crippen molar-refractivity contribution in [1.29, 1.82) is 0 Å². The molecule has 43 heavy (non-hydrogen) atoms. The Kier molecular flexibility index (Phi) is 8.50. The van der Waals surface area contributed by atoms with Crippen LogP contribution in [0.4, 0.5) is 4.39 Å². The molecule has 3 aromatic rings. The van der Waals surface area contributed by atoms with Gasteiger partial charge in [0.05, 0.1) is 5.56 Å². The van der Waals surface area contributed by atoms with Crippen LogP contribution in [0.15, 0.2) is 47.4 Å². The minimum Gasteiger partial charge on any atom is -0.457 e. The van der Waals surface area contributed by atoms with Crippen LogP contribution in [0.2, 0.25) is 0 Å². The highest BCUT2D eigenvalue weighted by atomic mass is 19.1. The molecule has 3 fully saturated rings. The third-order valence-corrected chi connectivity index (χ3v) is 9.02. The number of halogens is 1. The van der Waals surface area contributed by atoms with E-state index in [9.17, 15) is 14.4 Å². The number of hydrogen-bond donors (Lipinski definition) is 1. The number of pyridine rings is 1. The number of nitrogens with one attached hydrogen (secondary N) is 1. The normalized spacial score (nSPS) is 20.6. The van der Waals surface area contributed by atoms with Crippen molar-refractivity contribution >= 4 is 22.6 Å². The fourth-order valence-electron chi connectivity index (χ4n) is 6.55.